The van der Waals surface area contributed by atoms with Crippen LogP contribution in [-0.4, -0.2) is 15.6 Å². The summed E-state index contributed by atoms with van der Waals surface area (Å²) in [6.45, 7) is 2.03. The van der Waals surface area contributed by atoms with E-state index in [0.717, 1.165) is 46.9 Å². The molecule has 154 valence electrons. The van der Waals surface area contributed by atoms with Gasteiger partial charge in [-0.1, -0.05) is 55.9 Å². The Hall–Kier alpha value is -2.82. The number of halogens is 2. The van der Waals surface area contributed by atoms with Gasteiger partial charge in [-0.2, -0.15) is 5.10 Å². The molecule has 2 aromatic carbocycles. The highest BCUT2D eigenvalue weighted by molar-refractivity contribution is 5.99. The number of hydrogen-bond acceptors (Lipinski definition) is 2. The number of carbonyl (C=O) groups excluding carboxylic acids is 1. The number of aryl methyl sites for hydroxylation is 1. The highest BCUT2D eigenvalue weighted by atomic mass is 19.1. The second-order valence-electron chi connectivity index (χ2n) is 8.65. The molecule has 5 rings (SSSR count). The summed E-state index contributed by atoms with van der Waals surface area (Å²) in [5, 5.41) is 4.58. The van der Waals surface area contributed by atoms with E-state index in [4.69, 9.17) is 0 Å². The fraction of sp³-hybridized carbons (Fsp3) is 0.360. The third-order valence-electron chi connectivity index (χ3n) is 6.47. The molecule has 3 nitrogen and oxygen atoms in total. The lowest BCUT2D eigenvalue weighted by Crippen LogP contribution is -2.14. The first-order valence-corrected chi connectivity index (χ1v) is 10.7. The zero-order valence-electron chi connectivity index (χ0n) is 17.0. The molecule has 0 N–H and O–H groups in total. The predicted octanol–water partition coefficient (Wildman–Crippen LogP) is 6.18. The normalized spacial score (nSPS) is 15.8. The molecular weight excluding hydrogens is 382 g/mol. The van der Waals surface area contributed by atoms with Crippen molar-refractivity contribution in [2.75, 3.05) is 0 Å². The molecule has 1 aromatic heterocycles. The Morgan fingerprint density at radius 2 is 1.90 bits per heavy atom. The molecule has 0 spiro atoms. The predicted molar refractivity (Wildman–Crippen MR) is 112 cm³/mol. The minimum absolute atomic E-state index is 0.0314. The molecule has 2 aliphatic carbocycles. The lowest BCUT2D eigenvalue weighted by molar-refractivity contribution is 0.0944. The van der Waals surface area contributed by atoms with Crippen molar-refractivity contribution in [1.29, 1.82) is 0 Å². The number of benzene rings is 2. The van der Waals surface area contributed by atoms with Crippen LogP contribution in [0.25, 0.3) is 16.9 Å². The van der Waals surface area contributed by atoms with E-state index in [1.165, 1.54) is 36.1 Å². The molecular formula is C25H24F2N2O. The van der Waals surface area contributed by atoms with Gasteiger partial charge < -0.3 is 0 Å². The summed E-state index contributed by atoms with van der Waals surface area (Å²) in [5.41, 5.74) is 5.43. The van der Waals surface area contributed by atoms with Crippen LogP contribution in [0.15, 0.2) is 36.4 Å². The molecule has 0 aliphatic heterocycles. The fourth-order valence-electron chi connectivity index (χ4n) is 4.99. The van der Waals surface area contributed by atoms with Crippen molar-refractivity contribution in [2.45, 2.75) is 51.9 Å². The van der Waals surface area contributed by atoms with Crippen molar-refractivity contribution in [1.82, 2.24) is 9.78 Å². The van der Waals surface area contributed by atoms with Crippen LogP contribution in [0.5, 0.6) is 0 Å². The largest absolute Gasteiger partial charge is 0.292 e. The molecule has 1 saturated carbocycles. The van der Waals surface area contributed by atoms with Crippen LogP contribution in [0.3, 0.4) is 0 Å². The second-order valence-corrected chi connectivity index (χ2v) is 8.65. The van der Waals surface area contributed by atoms with Crippen molar-refractivity contribution in [3.05, 3.63) is 70.4 Å². The number of ketones is 1. The van der Waals surface area contributed by atoms with Crippen LogP contribution in [0.1, 0.15) is 65.7 Å². The number of nitrogens with zero attached hydrogens (tertiary/aromatic N) is 2. The zero-order valence-corrected chi connectivity index (χ0v) is 17.0. The van der Waals surface area contributed by atoms with Gasteiger partial charge in [0.1, 0.15) is 17.2 Å². The molecule has 2 aliphatic rings. The Balaban J connectivity index is 1.61. The standard InChI is InChI=1S/C25H24F2N2O/c1-15-7-9-19-17(11-15)13-20-24(23(30)12-16-5-3-2-4-6-16)28-29(25(19)20)22-10-8-18(26)14-21(22)27/h7-11,14,16H,2-6,12-13H2,1H3. The minimum Gasteiger partial charge on any atom is -0.292 e. The van der Waals surface area contributed by atoms with Gasteiger partial charge in [0.15, 0.2) is 11.6 Å². The van der Waals surface area contributed by atoms with Gasteiger partial charge in [-0.3, -0.25) is 4.79 Å². The first kappa shape index (κ1) is 19.2. The van der Waals surface area contributed by atoms with Crippen LogP contribution >= 0.6 is 0 Å². The van der Waals surface area contributed by atoms with Gasteiger partial charge in [-0.05, 0) is 30.5 Å². The van der Waals surface area contributed by atoms with Gasteiger partial charge in [0.05, 0.1) is 5.69 Å². The van der Waals surface area contributed by atoms with E-state index in [1.54, 1.807) is 0 Å². The Morgan fingerprint density at radius 3 is 2.67 bits per heavy atom. The Bertz CT molecular complexity index is 1140. The molecule has 0 radical (unpaired) electrons. The first-order valence-electron chi connectivity index (χ1n) is 10.7. The molecule has 5 heteroatoms. The lowest BCUT2D eigenvalue weighted by Gasteiger charge is -2.20. The maximum absolute atomic E-state index is 14.6. The Kier molecular flexibility index (Phi) is 4.76. The highest BCUT2D eigenvalue weighted by Gasteiger charge is 2.32. The average molecular weight is 406 g/mol. The van der Waals surface area contributed by atoms with E-state index in [2.05, 4.69) is 11.2 Å². The SMILES string of the molecule is Cc1ccc2c(c1)Cc1c(C(=O)CC3CCCCC3)nn(-c3ccc(F)cc3F)c1-2. The maximum atomic E-state index is 14.6. The number of aromatic nitrogens is 2. The van der Waals surface area contributed by atoms with Crippen molar-refractivity contribution >= 4 is 5.78 Å². The summed E-state index contributed by atoms with van der Waals surface area (Å²) in [4.78, 5) is 13.2. The molecule has 1 heterocycles. The van der Waals surface area contributed by atoms with E-state index >= 15 is 0 Å². The van der Waals surface area contributed by atoms with Gasteiger partial charge in [-0.25, -0.2) is 13.5 Å². The van der Waals surface area contributed by atoms with Crippen LogP contribution in [-0.2, 0) is 6.42 Å². The van der Waals surface area contributed by atoms with Crippen LogP contribution in [0.2, 0.25) is 0 Å². The molecule has 0 unspecified atom stereocenters. The van der Waals surface area contributed by atoms with Crippen LogP contribution < -0.4 is 0 Å². The lowest BCUT2D eigenvalue weighted by atomic mass is 9.85. The van der Waals surface area contributed by atoms with E-state index in [9.17, 15) is 13.6 Å². The van der Waals surface area contributed by atoms with Crippen molar-refractivity contribution < 1.29 is 13.6 Å². The molecule has 0 amide bonds. The average Bonchev–Trinajstić information content (AvgIpc) is 3.25. The molecule has 30 heavy (non-hydrogen) atoms. The van der Waals surface area contributed by atoms with Crippen molar-refractivity contribution in [2.24, 2.45) is 5.92 Å². The third kappa shape index (κ3) is 3.26. The summed E-state index contributed by atoms with van der Waals surface area (Å²) in [7, 11) is 0. The summed E-state index contributed by atoms with van der Waals surface area (Å²) < 4.78 is 29.6. The fourth-order valence-corrected chi connectivity index (χ4v) is 4.99. The monoisotopic (exact) mass is 406 g/mol. The van der Waals surface area contributed by atoms with Crippen molar-refractivity contribution in [3.8, 4) is 16.9 Å². The summed E-state index contributed by atoms with van der Waals surface area (Å²) >= 11 is 0. The van der Waals surface area contributed by atoms with E-state index in [1.807, 2.05) is 19.1 Å². The summed E-state index contributed by atoms with van der Waals surface area (Å²) in [6.07, 6.45) is 6.87. The number of rotatable bonds is 4. The zero-order chi connectivity index (χ0) is 20.8. The van der Waals surface area contributed by atoms with E-state index < -0.39 is 11.6 Å². The van der Waals surface area contributed by atoms with Gasteiger partial charge in [0.25, 0.3) is 0 Å². The van der Waals surface area contributed by atoms with Gasteiger partial charge in [0.2, 0.25) is 0 Å². The molecule has 3 aromatic rings. The minimum atomic E-state index is -0.688. The topological polar surface area (TPSA) is 34.9 Å². The highest BCUT2D eigenvalue weighted by Crippen LogP contribution is 2.41. The van der Waals surface area contributed by atoms with Gasteiger partial charge in [-0.15, -0.1) is 0 Å². The Labute approximate surface area is 174 Å². The van der Waals surface area contributed by atoms with Gasteiger partial charge >= 0.3 is 0 Å². The smallest absolute Gasteiger partial charge is 0.183 e. The number of carbonyl (C=O) groups is 1. The van der Waals surface area contributed by atoms with E-state index in [0.29, 0.717) is 24.5 Å². The summed E-state index contributed by atoms with van der Waals surface area (Å²) in [6, 6.07) is 9.59. The van der Waals surface area contributed by atoms with Crippen molar-refractivity contribution in [3.63, 3.8) is 0 Å². The van der Waals surface area contributed by atoms with Crippen LogP contribution in [0, 0.1) is 24.5 Å². The van der Waals surface area contributed by atoms with Gasteiger partial charge in [0, 0.05) is 30.0 Å². The quantitative estimate of drug-likeness (QED) is 0.379. The Morgan fingerprint density at radius 1 is 1.10 bits per heavy atom. The first-order chi connectivity index (χ1) is 14.5. The number of Topliss-reactive ketones (excluding diaryl/α,β-unsaturated/α-hetero) is 1. The summed E-state index contributed by atoms with van der Waals surface area (Å²) in [5.74, 6) is -0.888. The molecule has 0 bridgehead atoms. The maximum Gasteiger partial charge on any atom is 0.183 e. The molecule has 0 atom stereocenters. The van der Waals surface area contributed by atoms with Crippen LogP contribution in [0.4, 0.5) is 8.78 Å². The third-order valence-corrected chi connectivity index (χ3v) is 6.47. The van der Waals surface area contributed by atoms with E-state index in [-0.39, 0.29) is 11.5 Å². The second kappa shape index (κ2) is 7.46. The molecule has 1 fully saturated rings. The molecule has 0 saturated heterocycles. The number of fused-ring (bicyclic) bond motifs is 3. The number of hydrogen-bond donors (Lipinski definition) is 0.